The topological polar surface area (TPSA) is 69.8 Å². The second kappa shape index (κ2) is 2.99. The summed E-state index contributed by atoms with van der Waals surface area (Å²) in [6, 6.07) is 7.95. The number of aromatic amines is 1. The van der Waals surface area contributed by atoms with Gasteiger partial charge in [-0.1, -0.05) is 6.07 Å². The highest BCUT2D eigenvalue weighted by molar-refractivity contribution is 5.72. The summed E-state index contributed by atoms with van der Waals surface area (Å²) >= 11 is 0. The lowest BCUT2D eigenvalue weighted by Crippen LogP contribution is -2.00. The predicted molar refractivity (Wildman–Crippen MR) is 57.8 cm³/mol. The zero-order valence-corrected chi connectivity index (χ0v) is 8.62. The first-order chi connectivity index (χ1) is 7.71. The molecular formula is C12H10N2O2. The first-order valence-electron chi connectivity index (χ1n) is 5.24. The number of fused-ring (bicyclic) bond motifs is 1. The normalized spacial score (nSPS) is 17.2. The average Bonchev–Trinajstić information content (AvgIpc) is 2.93. The fourth-order valence-electron chi connectivity index (χ4n) is 1.97. The van der Waals surface area contributed by atoms with E-state index in [-0.39, 0.29) is 5.41 Å². The molecule has 1 saturated carbocycles. The van der Waals surface area contributed by atoms with Crippen molar-refractivity contribution >= 4 is 11.1 Å². The largest absolute Gasteiger partial charge is 0.417 e. The molecule has 0 bridgehead atoms. The molecule has 1 aliphatic carbocycles. The van der Waals surface area contributed by atoms with Gasteiger partial charge in [0.25, 0.3) is 0 Å². The molecule has 0 atom stereocenters. The van der Waals surface area contributed by atoms with Gasteiger partial charge in [0, 0.05) is 0 Å². The lowest BCUT2D eigenvalue weighted by Gasteiger charge is -2.04. The van der Waals surface area contributed by atoms with E-state index in [2.05, 4.69) is 11.1 Å². The summed E-state index contributed by atoms with van der Waals surface area (Å²) in [5.41, 5.74) is 2.16. The number of benzene rings is 1. The maximum Gasteiger partial charge on any atom is 0.417 e. The van der Waals surface area contributed by atoms with E-state index in [9.17, 15) is 4.79 Å². The molecule has 1 N–H and O–H groups in total. The van der Waals surface area contributed by atoms with Crippen LogP contribution in [0.4, 0.5) is 0 Å². The van der Waals surface area contributed by atoms with Gasteiger partial charge in [-0.15, -0.1) is 0 Å². The standard InChI is InChI=1S/C12H10N2O2/c13-7-12(3-4-12)6-8-1-2-9-10(5-8)16-11(15)14-9/h1-2,5H,3-4,6H2,(H,14,15). The van der Waals surface area contributed by atoms with E-state index >= 15 is 0 Å². The van der Waals surface area contributed by atoms with Crippen LogP contribution < -0.4 is 5.76 Å². The second-order valence-electron chi connectivity index (χ2n) is 4.41. The van der Waals surface area contributed by atoms with Gasteiger partial charge in [0.15, 0.2) is 5.58 Å². The Balaban J connectivity index is 1.99. The van der Waals surface area contributed by atoms with Gasteiger partial charge in [-0.25, -0.2) is 4.79 Å². The van der Waals surface area contributed by atoms with Crippen LogP contribution >= 0.6 is 0 Å². The molecule has 4 nitrogen and oxygen atoms in total. The van der Waals surface area contributed by atoms with Gasteiger partial charge in [0.2, 0.25) is 0 Å². The van der Waals surface area contributed by atoms with Gasteiger partial charge in [-0.05, 0) is 37.0 Å². The van der Waals surface area contributed by atoms with Crippen LogP contribution in [0, 0.1) is 16.7 Å². The molecular weight excluding hydrogens is 204 g/mol. The Morgan fingerprint density at radius 3 is 3.00 bits per heavy atom. The number of nitrogens with zero attached hydrogens (tertiary/aromatic N) is 1. The van der Waals surface area contributed by atoms with E-state index in [0.29, 0.717) is 11.1 Å². The summed E-state index contributed by atoms with van der Waals surface area (Å²) in [4.78, 5) is 13.6. The summed E-state index contributed by atoms with van der Waals surface area (Å²) in [5.74, 6) is -0.437. The van der Waals surface area contributed by atoms with Crippen LogP contribution in [0.15, 0.2) is 27.4 Å². The SMILES string of the molecule is N#CC1(Cc2ccc3[nH]c(=O)oc3c2)CC1. The van der Waals surface area contributed by atoms with Crippen LogP contribution in [0.1, 0.15) is 18.4 Å². The van der Waals surface area contributed by atoms with E-state index in [1.54, 1.807) is 0 Å². The zero-order valence-electron chi connectivity index (χ0n) is 8.62. The fraction of sp³-hybridized carbons (Fsp3) is 0.333. The number of nitrogens with one attached hydrogen (secondary N) is 1. The van der Waals surface area contributed by atoms with Crippen molar-refractivity contribution in [3.8, 4) is 6.07 Å². The Hall–Kier alpha value is -2.02. The van der Waals surface area contributed by atoms with E-state index in [4.69, 9.17) is 9.68 Å². The van der Waals surface area contributed by atoms with Gasteiger partial charge < -0.3 is 4.42 Å². The summed E-state index contributed by atoms with van der Waals surface area (Å²) < 4.78 is 4.98. The number of nitriles is 1. The quantitative estimate of drug-likeness (QED) is 0.830. The van der Waals surface area contributed by atoms with Gasteiger partial charge in [-0.2, -0.15) is 5.26 Å². The van der Waals surface area contributed by atoms with Crippen LogP contribution in [-0.4, -0.2) is 4.98 Å². The second-order valence-corrected chi connectivity index (χ2v) is 4.41. The van der Waals surface area contributed by atoms with Gasteiger partial charge in [0.05, 0.1) is 17.0 Å². The van der Waals surface area contributed by atoms with Crippen molar-refractivity contribution in [3.05, 3.63) is 34.3 Å². The lowest BCUT2D eigenvalue weighted by atomic mass is 9.98. The van der Waals surface area contributed by atoms with E-state index in [0.717, 1.165) is 24.8 Å². The average molecular weight is 214 g/mol. The number of H-pyrrole nitrogens is 1. The molecule has 2 aromatic rings. The van der Waals surface area contributed by atoms with Crippen molar-refractivity contribution in [2.45, 2.75) is 19.3 Å². The summed E-state index contributed by atoms with van der Waals surface area (Å²) in [6.07, 6.45) is 2.69. The van der Waals surface area contributed by atoms with Crippen molar-refractivity contribution in [3.63, 3.8) is 0 Å². The van der Waals surface area contributed by atoms with Crippen molar-refractivity contribution in [1.82, 2.24) is 4.98 Å². The van der Waals surface area contributed by atoms with Gasteiger partial charge >= 0.3 is 5.76 Å². The zero-order chi connectivity index (χ0) is 11.2. The van der Waals surface area contributed by atoms with Crippen LogP contribution in [-0.2, 0) is 6.42 Å². The number of oxazole rings is 1. The predicted octanol–water partition coefficient (Wildman–Crippen LogP) is 1.97. The van der Waals surface area contributed by atoms with Crippen molar-refractivity contribution in [2.24, 2.45) is 5.41 Å². The first-order valence-corrected chi connectivity index (χ1v) is 5.24. The summed E-state index contributed by atoms with van der Waals surface area (Å²) in [6.45, 7) is 0. The highest BCUT2D eigenvalue weighted by atomic mass is 16.4. The van der Waals surface area contributed by atoms with Gasteiger partial charge in [-0.3, -0.25) is 4.98 Å². The van der Waals surface area contributed by atoms with Crippen molar-refractivity contribution in [1.29, 1.82) is 5.26 Å². The molecule has 0 unspecified atom stereocenters. The number of aromatic nitrogens is 1. The molecule has 0 amide bonds. The Morgan fingerprint density at radius 1 is 1.50 bits per heavy atom. The van der Waals surface area contributed by atoms with Crippen molar-refractivity contribution < 1.29 is 4.42 Å². The van der Waals surface area contributed by atoms with Crippen LogP contribution in [0.3, 0.4) is 0 Å². The number of hydrogen-bond donors (Lipinski definition) is 1. The van der Waals surface area contributed by atoms with E-state index < -0.39 is 5.76 Å². The molecule has 1 aromatic heterocycles. The third kappa shape index (κ3) is 1.41. The number of rotatable bonds is 2. The Bertz CT molecular complexity index is 641. The molecule has 3 rings (SSSR count). The Morgan fingerprint density at radius 2 is 2.31 bits per heavy atom. The number of hydrogen-bond acceptors (Lipinski definition) is 3. The smallest absolute Gasteiger partial charge is 0.408 e. The van der Waals surface area contributed by atoms with Gasteiger partial charge in [0.1, 0.15) is 0 Å². The molecule has 1 aromatic carbocycles. The third-order valence-electron chi connectivity index (χ3n) is 3.12. The van der Waals surface area contributed by atoms with Crippen molar-refractivity contribution in [2.75, 3.05) is 0 Å². The highest BCUT2D eigenvalue weighted by Gasteiger charge is 2.42. The molecule has 0 aliphatic heterocycles. The first kappa shape index (κ1) is 9.22. The minimum atomic E-state index is -0.437. The maximum atomic E-state index is 11.0. The molecule has 0 saturated heterocycles. The molecule has 0 spiro atoms. The molecule has 80 valence electrons. The summed E-state index contributed by atoms with van der Waals surface area (Å²) in [5, 5.41) is 9.01. The fourth-order valence-corrected chi connectivity index (χ4v) is 1.97. The van der Waals surface area contributed by atoms with Crippen LogP contribution in [0.5, 0.6) is 0 Å². The molecule has 1 aliphatic rings. The molecule has 0 radical (unpaired) electrons. The monoisotopic (exact) mass is 214 g/mol. The van der Waals surface area contributed by atoms with Crippen LogP contribution in [0.2, 0.25) is 0 Å². The molecule has 1 heterocycles. The third-order valence-corrected chi connectivity index (χ3v) is 3.12. The minimum absolute atomic E-state index is 0.162. The lowest BCUT2D eigenvalue weighted by molar-refractivity contribution is 0.554. The Kier molecular flexibility index (Phi) is 1.72. The molecule has 16 heavy (non-hydrogen) atoms. The minimum Gasteiger partial charge on any atom is -0.408 e. The molecule has 4 heteroatoms. The molecule has 1 fully saturated rings. The Labute approximate surface area is 91.5 Å². The van der Waals surface area contributed by atoms with E-state index in [1.807, 2.05) is 18.2 Å². The van der Waals surface area contributed by atoms with E-state index in [1.165, 1.54) is 0 Å². The maximum absolute atomic E-state index is 11.0. The van der Waals surface area contributed by atoms with Crippen LogP contribution in [0.25, 0.3) is 11.1 Å². The highest BCUT2D eigenvalue weighted by Crippen LogP contribution is 2.47. The summed E-state index contributed by atoms with van der Waals surface area (Å²) in [7, 11) is 0.